The van der Waals surface area contributed by atoms with Crippen LogP contribution in [-0.4, -0.2) is 19.5 Å². The fourth-order valence-corrected chi connectivity index (χ4v) is 3.90. The molecule has 0 fully saturated rings. The molecule has 2 heterocycles. The Kier molecular flexibility index (Phi) is 5.42. The molecule has 0 bridgehead atoms. The van der Waals surface area contributed by atoms with Gasteiger partial charge in [-0.2, -0.15) is 5.26 Å². The van der Waals surface area contributed by atoms with E-state index in [1.165, 1.54) is 0 Å². The summed E-state index contributed by atoms with van der Waals surface area (Å²) in [6, 6.07) is 9.69. The van der Waals surface area contributed by atoms with Crippen molar-refractivity contribution in [3.8, 4) is 17.3 Å². The van der Waals surface area contributed by atoms with Crippen LogP contribution in [0.2, 0.25) is 5.02 Å². The summed E-state index contributed by atoms with van der Waals surface area (Å²) < 4.78 is 16.8. The van der Waals surface area contributed by atoms with Gasteiger partial charge in [-0.25, -0.2) is 8.93 Å². The molecule has 0 spiro atoms. The highest BCUT2D eigenvalue weighted by Gasteiger charge is 2.18. The molecular weight excluding hydrogens is 368 g/mol. The van der Waals surface area contributed by atoms with Crippen molar-refractivity contribution in [3.05, 3.63) is 52.8 Å². The number of aromatic nitrogens is 2. The molecule has 1 aromatic carbocycles. The Balaban J connectivity index is 2.13. The number of fused-ring (bicyclic) bond motifs is 1. The van der Waals surface area contributed by atoms with E-state index in [0.29, 0.717) is 16.3 Å². The molecule has 2 aromatic heterocycles. The van der Waals surface area contributed by atoms with Crippen LogP contribution < -0.4 is 4.72 Å². The predicted octanol–water partition coefficient (Wildman–Crippen LogP) is 4.10. The van der Waals surface area contributed by atoms with E-state index in [2.05, 4.69) is 15.8 Å². The minimum absolute atomic E-state index is 0.113. The molecule has 2 unspecified atom stereocenters. The summed E-state index contributed by atoms with van der Waals surface area (Å²) in [5.74, 6) is 0.542. The highest BCUT2D eigenvalue weighted by molar-refractivity contribution is 7.82. The second kappa shape index (κ2) is 7.58. The average Bonchev–Trinajstić information content (AvgIpc) is 2.93. The minimum atomic E-state index is -1.08. The zero-order valence-corrected chi connectivity index (χ0v) is 16.4. The van der Waals surface area contributed by atoms with Crippen molar-refractivity contribution < 1.29 is 4.21 Å². The average molecular weight is 387 g/mol. The van der Waals surface area contributed by atoms with Crippen LogP contribution in [0.4, 0.5) is 0 Å². The highest BCUT2D eigenvalue weighted by Crippen LogP contribution is 2.34. The predicted molar refractivity (Wildman–Crippen MR) is 106 cm³/mol. The molecule has 134 valence electrons. The maximum absolute atomic E-state index is 11.8. The lowest BCUT2D eigenvalue weighted by molar-refractivity contribution is 0.651. The van der Waals surface area contributed by atoms with Crippen molar-refractivity contribution in [3.63, 3.8) is 0 Å². The van der Waals surface area contributed by atoms with Gasteiger partial charge in [0.25, 0.3) is 0 Å². The summed E-state index contributed by atoms with van der Waals surface area (Å²) in [7, 11) is 0.828. The van der Waals surface area contributed by atoms with Gasteiger partial charge in [-0.05, 0) is 36.8 Å². The summed E-state index contributed by atoms with van der Waals surface area (Å²) in [6.07, 6.45) is 3.49. The Bertz CT molecular complexity index is 1040. The first-order valence-electron chi connectivity index (χ1n) is 8.24. The Morgan fingerprint density at radius 2 is 2.15 bits per heavy atom. The van der Waals surface area contributed by atoms with Gasteiger partial charge in [-0.15, -0.1) is 0 Å². The van der Waals surface area contributed by atoms with Gasteiger partial charge in [0.15, 0.2) is 0 Å². The molecule has 3 aromatic rings. The topological polar surface area (TPSA) is 70.7 Å². The maximum Gasteiger partial charge on any atom is 0.102 e. The van der Waals surface area contributed by atoms with Gasteiger partial charge in [-0.1, -0.05) is 18.5 Å². The molecule has 0 amide bonds. The number of rotatable bonds is 5. The van der Waals surface area contributed by atoms with Gasteiger partial charge in [0.1, 0.15) is 6.07 Å². The van der Waals surface area contributed by atoms with Gasteiger partial charge >= 0.3 is 0 Å². The largest absolute Gasteiger partial charge is 0.342 e. The van der Waals surface area contributed by atoms with E-state index < -0.39 is 11.0 Å². The number of benzene rings is 1. The van der Waals surface area contributed by atoms with Gasteiger partial charge in [0.05, 0.1) is 27.8 Å². The molecule has 7 heteroatoms. The van der Waals surface area contributed by atoms with Crippen LogP contribution >= 0.6 is 11.6 Å². The van der Waals surface area contributed by atoms with Crippen molar-refractivity contribution in [1.82, 2.24) is 14.3 Å². The normalized spacial score (nSPS) is 13.5. The third kappa shape index (κ3) is 3.38. The van der Waals surface area contributed by atoms with Crippen LogP contribution in [0.5, 0.6) is 0 Å². The lowest BCUT2D eigenvalue weighted by atomic mass is 10.0. The molecule has 0 saturated carbocycles. The van der Waals surface area contributed by atoms with Crippen LogP contribution in [0.3, 0.4) is 0 Å². The Hall–Kier alpha value is -2.20. The minimum Gasteiger partial charge on any atom is -0.342 e. The van der Waals surface area contributed by atoms with Gasteiger partial charge in [0, 0.05) is 47.2 Å². The molecule has 0 aliphatic heterocycles. The molecule has 5 nitrogen and oxygen atoms in total. The second-order valence-corrected chi connectivity index (χ2v) is 7.98. The quantitative estimate of drug-likeness (QED) is 0.717. The molecule has 0 aliphatic carbocycles. The Labute approximate surface area is 160 Å². The monoisotopic (exact) mass is 386 g/mol. The molecule has 0 aliphatic rings. The SMILES string of the molecule is CCS(=O)NC(C)c1cncc(-c2c(C#N)c3ccc(Cl)cc3n2C)c1. The van der Waals surface area contributed by atoms with Crippen LogP contribution in [0.1, 0.15) is 31.0 Å². The van der Waals surface area contributed by atoms with Crippen LogP contribution in [-0.2, 0) is 18.0 Å². The summed E-state index contributed by atoms with van der Waals surface area (Å²) in [5.41, 5.74) is 4.03. The lowest BCUT2D eigenvalue weighted by Gasteiger charge is -2.14. The molecule has 26 heavy (non-hydrogen) atoms. The van der Waals surface area contributed by atoms with E-state index in [4.69, 9.17) is 11.6 Å². The number of pyridine rings is 1. The Morgan fingerprint density at radius 1 is 1.38 bits per heavy atom. The first-order valence-corrected chi connectivity index (χ1v) is 9.93. The standard InChI is InChI=1S/C19H19ClN4OS/c1-4-26(25)23-12(2)13-7-14(11-22-10-13)19-17(9-21)16-6-5-15(20)8-18(16)24(19)3/h5-8,10-12,23H,4H2,1-3H3. The van der Waals surface area contributed by atoms with Crippen molar-refractivity contribution in [2.24, 2.45) is 7.05 Å². The van der Waals surface area contributed by atoms with Crippen LogP contribution in [0, 0.1) is 11.3 Å². The second-order valence-electron chi connectivity index (χ2n) is 6.04. The number of nitrogens with zero attached hydrogens (tertiary/aromatic N) is 3. The van der Waals surface area contributed by atoms with E-state index in [0.717, 1.165) is 27.7 Å². The summed E-state index contributed by atoms with van der Waals surface area (Å²) in [5, 5.41) is 11.2. The fraction of sp³-hybridized carbons (Fsp3) is 0.263. The first-order chi connectivity index (χ1) is 12.5. The summed E-state index contributed by atoms with van der Waals surface area (Å²) in [6.45, 7) is 3.81. The molecule has 1 N–H and O–H groups in total. The van der Waals surface area contributed by atoms with E-state index in [9.17, 15) is 9.47 Å². The summed E-state index contributed by atoms with van der Waals surface area (Å²) in [4.78, 5) is 4.33. The third-order valence-corrected chi connectivity index (χ3v) is 5.75. The first kappa shape index (κ1) is 18.6. The van der Waals surface area contributed by atoms with Crippen molar-refractivity contribution in [1.29, 1.82) is 5.26 Å². The maximum atomic E-state index is 11.8. The smallest absolute Gasteiger partial charge is 0.102 e. The molecule has 3 rings (SSSR count). The van der Waals surface area contributed by atoms with Crippen molar-refractivity contribution in [2.45, 2.75) is 19.9 Å². The number of hydrogen-bond acceptors (Lipinski definition) is 3. The number of nitrogens with one attached hydrogen (secondary N) is 1. The van der Waals surface area contributed by atoms with E-state index >= 15 is 0 Å². The van der Waals surface area contributed by atoms with Gasteiger partial charge < -0.3 is 4.57 Å². The van der Waals surface area contributed by atoms with E-state index in [1.54, 1.807) is 18.5 Å². The third-order valence-electron chi connectivity index (χ3n) is 4.38. The van der Waals surface area contributed by atoms with Crippen LogP contribution in [0.15, 0.2) is 36.7 Å². The number of nitriles is 1. The summed E-state index contributed by atoms with van der Waals surface area (Å²) >= 11 is 6.12. The van der Waals surface area contributed by atoms with E-state index in [-0.39, 0.29) is 6.04 Å². The van der Waals surface area contributed by atoms with Gasteiger partial charge in [0.2, 0.25) is 0 Å². The molecule has 0 saturated heterocycles. The van der Waals surface area contributed by atoms with Crippen LogP contribution in [0.25, 0.3) is 22.2 Å². The Morgan fingerprint density at radius 3 is 2.85 bits per heavy atom. The van der Waals surface area contributed by atoms with Crippen molar-refractivity contribution >= 4 is 33.5 Å². The number of hydrogen-bond donors (Lipinski definition) is 1. The number of aryl methyl sites for hydroxylation is 1. The molecule has 2 atom stereocenters. The molecule has 0 radical (unpaired) electrons. The van der Waals surface area contributed by atoms with Gasteiger partial charge in [-0.3, -0.25) is 4.98 Å². The van der Waals surface area contributed by atoms with E-state index in [1.807, 2.05) is 43.7 Å². The zero-order valence-electron chi connectivity index (χ0n) is 14.8. The molecular formula is C19H19ClN4OS. The highest BCUT2D eigenvalue weighted by atomic mass is 35.5. The van der Waals surface area contributed by atoms with Crippen molar-refractivity contribution in [2.75, 3.05) is 5.75 Å². The fourth-order valence-electron chi connectivity index (χ4n) is 3.03. The number of halogens is 1. The lowest BCUT2D eigenvalue weighted by Crippen LogP contribution is -2.22. The zero-order chi connectivity index (χ0) is 18.8.